The molecule has 3 heteroatoms. The second-order valence-electron chi connectivity index (χ2n) is 15.1. The summed E-state index contributed by atoms with van der Waals surface area (Å²) < 4.78 is 11.3. The number of nitrogens with zero attached hydrogens (tertiary/aromatic N) is 2. The lowest BCUT2D eigenvalue weighted by molar-refractivity contribution is 0.669. The smallest absolute Gasteiger partial charge is 0.135 e. The molecule has 0 spiro atoms. The van der Waals surface area contributed by atoms with Crippen LogP contribution in [0.2, 0.25) is 0 Å². The summed E-state index contributed by atoms with van der Waals surface area (Å²) in [5, 5.41) is 7.35. The highest BCUT2D eigenvalue weighted by Crippen LogP contribution is 2.56. The van der Waals surface area contributed by atoms with Crippen LogP contribution in [0.1, 0.15) is 40.3 Å². The molecule has 1 aliphatic heterocycles. The Balaban J connectivity index is 1.27. The Morgan fingerprint density at radius 1 is 0.455 bits per heavy atom. The zero-order valence-electron chi connectivity index (χ0n) is 30.7. The van der Waals surface area contributed by atoms with Gasteiger partial charge in [-0.15, -0.1) is 0 Å². The summed E-state index contributed by atoms with van der Waals surface area (Å²) in [7, 11) is 0. The Hall–Kier alpha value is -6.84. The van der Waals surface area contributed by atoms with Gasteiger partial charge in [0.05, 0.1) is 33.2 Å². The van der Waals surface area contributed by atoms with Gasteiger partial charge in [0.15, 0.2) is 0 Å². The third-order valence-electron chi connectivity index (χ3n) is 12.5. The van der Waals surface area contributed by atoms with E-state index in [9.17, 15) is 0 Å². The molecule has 3 nitrogen and oxygen atoms in total. The van der Waals surface area contributed by atoms with Crippen molar-refractivity contribution in [1.82, 2.24) is 9.13 Å². The van der Waals surface area contributed by atoms with E-state index in [-0.39, 0.29) is 0 Å². The molecule has 0 saturated heterocycles. The third-order valence-corrected chi connectivity index (χ3v) is 12.5. The van der Waals surface area contributed by atoms with E-state index in [0.29, 0.717) is 0 Å². The van der Waals surface area contributed by atoms with Gasteiger partial charge < -0.3 is 13.6 Å². The number of hydrogen-bond acceptors (Lipinski definition) is 1. The van der Waals surface area contributed by atoms with E-state index in [1.807, 2.05) is 6.07 Å². The van der Waals surface area contributed by atoms with Gasteiger partial charge in [-0.1, -0.05) is 122 Å². The molecule has 0 fully saturated rings. The van der Waals surface area contributed by atoms with Crippen molar-refractivity contribution in [3.63, 3.8) is 0 Å². The highest BCUT2D eigenvalue weighted by Gasteiger charge is 2.47. The summed E-state index contributed by atoms with van der Waals surface area (Å²) in [5.74, 6) is 0. The van der Waals surface area contributed by atoms with Gasteiger partial charge in [-0.25, -0.2) is 0 Å². The van der Waals surface area contributed by atoms with Crippen LogP contribution in [0, 0.1) is 6.92 Å². The maximum atomic E-state index is 6.30. The second-order valence-corrected chi connectivity index (χ2v) is 15.1. The fourth-order valence-corrected chi connectivity index (χ4v) is 10.3. The summed E-state index contributed by atoms with van der Waals surface area (Å²) in [5.41, 5.74) is 16.4. The molecular formula is C52H36N2O. The molecule has 0 N–H and O–H groups in total. The van der Waals surface area contributed by atoms with Gasteiger partial charge in [-0.2, -0.15) is 0 Å². The molecular weight excluding hydrogens is 669 g/mol. The van der Waals surface area contributed by atoms with E-state index >= 15 is 0 Å². The standard InChI is InChI=1S/C52H36N2O/c1-3-33-29-39-36-17-6-10-23-45(36)53(34-27-28-50-40(30-34)37-18-7-13-26-49(37)55-50)48(39)31-44(33)52(41-20-8-4-15-32(41)2)42-21-9-12-25-47(42)54-46-24-11-5-16-35(46)38-19-14-22-43(52)51(38)54/h4-31H,3H2,1-2H3. The lowest BCUT2D eigenvalue weighted by Crippen LogP contribution is -2.37. The zero-order valence-corrected chi connectivity index (χ0v) is 30.7. The van der Waals surface area contributed by atoms with E-state index in [2.05, 4.69) is 187 Å². The van der Waals surface area contributed by atoms with Gasteiger partial charge in [-0.3, -0.25) is 0 Å². The largest absolute Gasteiger partial charge is 0.456 e. The molecule has 12 rings (SSSR count). The quantitative estimate of drug-likeness (QED) is 0.179. The van der Waals surface area contributed by atoms with Crippen LogP contribution in [0.5, 0.6) is 0 Å². The lowest BCUT2D eigenvalue weighted by Gasteiger charge is -2.43. The zero-order chi connectivity index (χ0) is 36.4. The number of aryl methyl sites for hydroxylation is 2. The highest BCUT2D eigenvalue weighted by molar-refractivity contribution is 6.14. The molecule has 0 saturated carbocycles. The average Bonchev–Trinajstić information content (AvgIpc) is 3.89. The highest BCUT2D eigenvalue weighted by atomic mass is 16.3. The molecule has 11 aromatic rings. The van der Waals surface area contributed by atoms with E-state index in [0.717, 1.165) is 34.0 Å². The average molecular weight is 705 g/mol. The predicted octanol–water partition coefficient (Wildman–Crippen LogP) is 13.3. The number of furan rings is 1. The fourth-order valence-electron chi connectivity index (χ4n) is 10.3. The first kappa shape index (κ1) is 30.6. The number of para-hydroxylation sites is 5. The van der Waals surface area contributed by atoms with Crippen molar-refractivity contribution < 1.29 is 4.42 Å². The SMILES string of the molecule is CCc1cc2c3ccccc3n(-c3ccc4oc5ccccc5c4c3)c2cc1C1(c2ccccc2C)c2ccccc2-n2c3ccccc3c3cccc1c32. The van der Waals surface area contributed by atoms with Gasteiger partial charge in [-0.05, 0) is 101 Å². The Morgan fingerprint density at radius 2 is 1.09 bits per heavy atom. The van der Waals surface area contributed by atoms with Crippen LogP contribution in [-0.4, -0.2) is 9.13 Å². The maximum absolute atomic E-state index is 6.30. The molecule has 0 radical (unpaired) electrons. The normalized spacial score (nSPS) is 15.2. The molecule has 8 aromatic carbocycles. The number of benzene rings is 8. The molecule has 1 unspecified atom stereocenters. The van der Waals surface area contributed by atoms with Crippen molar-refractivity contribution in [2.24, 2.45) is 0 Å². The maximum Gasteiger partial charge on any atom is 0.135 e. The van der Waals surface area contributed by atoms with Crippen molar-refractivity contribution in [1.29, 1.82) is 0 Å². The molecule has 55 heavy (non-hydrogen) atoms. The molecule has 0 amide bonds. The van der Waals surface area contributed by atoms with Crippen LogP contribution in [0.25, 0.3) is 76.9 Å². The van der Waals surface area contributed by atoms with Gasteiger partial charge in [0.1, 0.15) is 11.2 Å². The van der Waals surface area contributed by atoms with Crippen molar-refractivity contribution in [2.45, 2.75) is 25.7 Å². The van der Waals surface area contributed by atoms with E-state index < -0.39 is 5.41 Å². The summed E-state index contributed by atoms with van der Waals surface area (Å²) >= 11 is 0. The molecule has 0 aliphatic carbocycles. The first-order valence-corrected chi connectivity index (χ1v) is 19.3. The van der Waals surface area contributed by atoms with E-state index in [4.69, 9.17) is 4.42 Å². The van der Waals surface area contributed by atoms with Crippen LogP contribution in [0.15, 0.2) is 174 Å². The van der Waals surface area contributed by atoms with Crippen LogP contribution < -0.4 is 0 Å². The molecule has 0 bridgehead atoms. The Kier molecular flexibility index (Phi) is 6.17. The van der Waals surface area contributed by atoms with Crippen molar-refractivity contribution >= 4 is 65.6 Å². The predicted molar refractivity (Wildman–Crippen MR) is 228 cm³/mol. The first-order valence-electron chi connectivity index (χ1n) is 19.3. The topological polar surface area (TPSA) is 23.0 Å². The number of aromatic nitrogens is 2. The van der Waals surface area contributed by atoms with Crippen LogP contribution in [-0.2, 0) is 11.8 Å². The number of fused-ring (bicyclic) bond motifs is 11. The first-order chi connectivity index (χ1) is 27.2. The summed E-state index contributed by atoms with van der Waals surface area (Å²) in [6, 6.07) is 63.1. The Bertz CT molecular complexity index is 3390. The third kappa shape index (κ3) is 3.89. The summed E-state index contributed by atoms with van der Waals surface area (Å²) in [6.45, 7) is 4.61. The van der Waals surface area contributed by atoms with E-state index in [1.165, 1.54) is 82.7 Å². The fraction of sp³-hybridized carbons (Fsp3) is 0.0769. The number of hydrogen-bond donors (Lipinski definition) is 0. The summed E-state index contributed by atoms with van der Waals surface area (Å²) in [6.07, 6.45) is 0.895. The lowest BCUT2D eigenvalue weighted by atomic mass is 9.61. The van der Waals surface area contributed by atoms with Crippen molar-refractivity contribution in [3.8, 4) is 11.4 Å². The van der Waals surface area contributed by atoms with Gasteiger partial charge >= 0.3 is 0 Å². The van der Waals surface area contributed by atoms with Gasteiger partial charge in [0.2, 0.25) is 0 Å². The van der Waals surface area contributed by atoms with Crippen LogP contribution in [0.4, 0.5) is 0 Å². The minimum atomic E-state index is -0.600. The van der Waals surface area contributed by atoms with Crippen molar-refractivity contribution in [3.05, 3.63) is 203 Å². The second kappa shape index (κ2) is 11.1. The Morgan fingerprint density at radius 3 is 1.91 bits per heavy atom. The van der Waals surface area contributed by atoms with Crippen LogP contribution >= 0.6 is 0 Å². The van der Waals surface area contributed by atoms with Crippen LogP contribution in [0.3, 0.4) is 0 Å². The minimum Gasteiger partial charge on any atom is -0.456 e. The van der Waals surface area contributed by atoms with E-state index in [1.54, 1.807) is 0 Å². The monoisotopic (exact) mass is 704 g/mol. The van der Waals surface area contributed by atoms with Gasteiger partial charge in [0.25, 0.3) is 0 Å². The van der Waals surface area contributed by atoms with Gasteiger partial charge in [0, 0.05) is 38.0 Å². The minimum absolute atomic E-state index is 0.600. The molecule has 1 atom stereocenters. The molecule has 1 aliphatic rings. The Labute approximate surface area is 318 Å². The number of rotatable bonds is 4. The molecule has 4 heterocycles. The van der Waals surface area contributed by atoms with Crippen molar-refractivity contribution in [2.75, 3.05) is 0 Å². The molecule has 3 aromatic heterocycles. The summed E-state index contributed by atoms with van der Waals surface area (Å²) in [4.78, 5) is 0. The molecule has 260 valence electrons.